The lowest BCUT2D eigenvalue weighted by atomic mass is 10.1. The Morgan fingerprint density at radius 2 is 1.71 bits per heavy atom. The largest absolute Gasteiger partial charge is 0.496 e. The summed E-state index contributed by atoms with van der Waals surface area (Å²) in [4.78, 5) is 27.1. The molecule has 0 fully saturated rings. The molecule has 1 amide bonds. The average Bonchev–Trinajstić information content (AvgIpc) is 3.06. The minimum atomic E-state index is -0.573. The summed E-state index contributed by atoms with van der Waals surface area (Å²) in [5.41, 5.74) is 2.33. The van der Waals surface area contributed by atoms with Gasteiger partial charge in [-0.3, -0.25) is 4.79 Å². The summed E-state index contributed by atoms with van der Waals surface area (Å²) in [6.07, 6.45) is 0.800. The van der Waals surface area contributed by atoms with Crippen LogP contribution in [0.2, 0.25) is 0 Å². The van der Waals surface area contributed by atoms with E-state index >= 15 is 0 Å². The number of hydrogen-bond donors (Lipinski definition) is 0. The first kappa shape index (κ1) is 18.0. The average molecular weight is 375 g/mol. The molecule has 0 radical (unpaired) electrons. The van der Waals surface area contributed by atoms with Gasteiger partial charge >= 0.3 is 5.97 Å². The van der Waals surface area contributed by atoms with Crippen LogP contribution in [0.4, 0.5) is 5.69 Å². The first-order chi connectivity index (χ1) is 13.6. The van der Waals surface area contributed by atoms with E-state index in [1.54, 1.807) is 17.0 Å². The van der Waals surface area contributed by atoms with Crippen molar-refractivity contribution in [1.82, 2.24) is 0 Å². The lowest BCUT2D eigenvalue weighted by molar-refractivity contribution is -0.122. The Balaban J connectivity index is 1.52. The van der Waals surface area contributed by atoms with Crippen LogP contribution in [0.1, 0.15) is 22.8 Å². The van der Waals surface area contributed by atoms with Crippen molar-refractivity contribution in [3.8, 4) is 5.75 Å². The molecule has 1 unspecified atom stereocenters. The fourth-order valence-electron chi connectivity index (χ4n) is 3.77. The summed E-state index contributed by atoms with van der Waals surface area (Å²) >= 11 is 0. The molecule has 142 valence electrons. The van der Waals surface area contributed by atoms with Gasteiger partial charge in [-0.15, -0.1) is 0 Å². The third-order valence-corrected chi connectivity index (χ3v) is 5.09. The summed E-state index contributed by atoms with van der Waals surface area (Å²) in [5, 5.41) is 1.87. The molecule has 0 N–H and O–H groups in total. The van der Waals surface area contributed by atoms with Gasteiger partial charge in [0.15, 0.2) is 6.61 Å². The Bertz CT molecular complexity index is 1060. The van der Waals surface area contributed by atoms with Crippen molar-refractivity contribution in [3.05, 3.63) is 71.8 Å². The summed E-state index contributed by atoms with van der Waals surface area (Å²) in [5.74, 6) is -0.377. The van der Waals surface area contributed by atoms with Crippen molar-refractivity contribution in [2.75, 3.05) is 18.6 Å². The van der Waals surface area contributed by atoms with E-state index in [4.69, 9.17) is 9.47 Å². The maximum Gasteiger partial charge on any atom is 0.342 e. The number of methoxy groups -OCH3 is 1. The van der Waals surface area contributed by atoms with E-state index < -0.39 is 5.97 Å². The van der Waals surface area contributed by atoms with Gasteiger partial charge in [0, 0.05) is 11.7 Å². The number of carbonyl (C=O) groups excluding carboxylic acids is 2. The molecule has 0 spiro atoms. The zero-order chi connectivity index (χ0) is 19.7. The minimum absolute atomic E-state index is 0.0406. The number of ether oxygens (including phenoxy) is 2. The lowest BCUT2D eigenvalue weighted by Gasteiger charge is -2.22. The topological polar surface area (TPSA) is 55.8 Å². The summed E-state index contributed by atoms with van der Waals surface area (Å²) in [6.45, 7) is 1.68. The van der Waals surface area contributed by atoms with Gasteiger partial charge in [-0.05, 0) is 47.9 Å². The Morgan fingerprint density at radius 3 is 2.46 bits per heavy atom. The van der Waals surface area contributed by atoms with Crippen LogP contribution >= 0.6 is 0 Å². The highest BCUT2D eigenvalue weighted by Crippen LogP contribution is 2.32. The van der Waals surface area contributed by atoms with Gasteiger partial charge in [0.25, 0.3) is 5.91 Å². The zero-order valence-electron chi connectivity index (χ0n) is 15.8. The maximum atomic E-state index is 12.7. The third-order valence-electron chi connectivity index (χ3n) is 5.09. The van der Waals surface area contributed by atoms with Crippen molar-refractivity contribution in [2.24, 2.45) is 0 Å². The van der Waals surface area contributed by atoms with Crippen LogP contribution in [0.25, 0.3) is 10.8 Å². The molecule has 1 atom stereocenters. The number of nitrogens with zero attached hydrogens (tertiary/aromatic N) is 1. The van der Waals surface area contributed by atoms with Crippen LogP contribution in [0.5, 0.6) is 5.75 Å². The molecule has 1 aliphatic heterocycles. The Kier molecular flexibility index (Phi) is 4.74. The smallest absolute Gasteiger partial charge is 0.342 e. The Hall–Kier alpha value is -3.34. The molecule has 0 aromatic heterocycles. The van der Waals surface area contributed by atoms with Crippen LogP contribution in [0, 0.1) is 0 Å². The fraction of sp³-hybridized carbons (Fsp3) is 0.217. The van der Waals surface area contributed by atoms with Crippen LogP contribution in [0.15, 0.2) is 60.7 Å². The van der Waals surface area contributed by atoms with E-state index in [0.29, 0.717) is 11.3 Å². The maximum absolute atomic E-state index is 12.7. The first-order valence-corrected chi connectivity index (χ1v) is 9.22. The second-order valence-electron chi connectivity index (χ2n) is 6.92. The normalized spacial score (nSPS) is 15.4. The second kappa shape index (κ2) is 7.35. The summed E-state index contributed by atoms with van der Waals surface area (Å²) in [7, 11) is 1.51. The number of hydrogen-bond acceptors (Lipinski definition) is 4. The molecular weight excluding hydrogens is 354 g/mol. The van der Waals surface area contributed by atoms with Gasteiger partial charge in [0.1, 0.15) is 11.3 Å². The van der Waals surface area contributed by atoms with Gasteiger partial charge < -0.3 is 14.4 Å². The lowest BCUT2D eigenvalue weighted by Crippen LogP contribution is -2.38. The number of fused-ring (bicyclic) bond motifs is 2. The molecule has 0 saturated carbocycles. The Labute approximate surface area is 163 Å². The molecule has 3 aromatic carbocycles. The van der Waals surface area contributed by atoms with Gasteiger partial charge in [-0.1, -0.05) is 42.5 Å². The standard InChI is InChI=1S/C23H21NO4/c1-15-11-18-9-5-6-10-20(18)24(15)22(25)14-28-23(26)19-12-16-7-3-4-8-17(16)13-21(19)27-2/h3-10,12-13,15H,11,14H2,1-2H3. The SMILES string of the molecule is COc1cc2ccccc2cc1C(=O)OCC(=O)N1c2ccccc2CC1C. The van der Waals surface area contributed by atoms with E-state index in [0.717, 1.165) is 28.4 Å². The van der Waals surface area contributed by atoms with Crippen molar-refractivity contribution in [1.29, 1.82) is 0 Å². The van der Waals surface area contributed by atoms with E-state index in [9.17, 15) is 9.59 Å². The van der Waals surface area contributed by atoms with Crippen LogP contribution in [-0.4, -0.2) is 31.6 Å². The minimum Gasteiger partial charge on any atom is -0.496 e. The molecule has 1 aliphatic rings. The predicted molar refractivity (Wildman–Crippen MR) is 108 cm³/mol. The van der Waals surface area contributed by atoms with Crippen molar-refractivity contribution in [3.63, 3.8) is 0 Å². The molecule has 5 heteroatoms. The quantitative estimate of drug-likeness (QED) is 0.647. The molecule has 5 nitrogen and oxygen atoms in total. The highest BCUT2D eigenvalue weighted by atomic mass is 16.5. The fourth-order valence-corrected chi connectivity index (χ4v) is 3.77. The van der Waals surface area contributed by atoms with Gasteiger partial charge in [-0.2, -0.15) is 0 Å². The molecule has 0 saturated heterocycles. The van der Waals surface area contributed by atoms with E-state index in [-0.39, 0.29) is 18.6 Å². The highest BCUT2D eigenvalue weighted by molar-refractivity contribution is 6.01. The number of para-hydroxylation sites is 1. The third kappa shape index (κ3) is 3.20. The molecule has 0 aliphatic carbocycles. The zero-order valence-corrected chi connectivity index (χ0v) is 15.8. The number of amides is 1. The summed E-state index contributed by atoms with van der Waals surface area (Å²) < 4.78 is 10.7. The monoisotopic (exact) mass is 375 g/mol. The first-order valence-electron chi connectivity index (χ1n) is 9.22. The highest BCUT2D eigenvalue weighted by Gasteiger charge is 2.31. The molecular formula is C23H21NO4. The number of carbonyl (C=O) groups is 2. The number of esters is 1. The number of rotatable bonds is 4. The van der Waals surface area contributed by atoms with Crippen molar-refractivity contribution >= 4 is 28.3 Å². The predicted octanol–water partition coefficient (Wildman–Crippen LogP) is 3.98. The van der Waals surface area contributed by atoms with Crippen LogP contribution in [0.3, 0.4) is 0 Å². The summed E-state index contributed by atoms with van der Waals surface area (Å²) in [6, 6.07) is 19.1. The van der Waals surface area contributed by atoms with E-state index in [1.165, 1.54) is 7.11 Å². The van der Waals surface area contributed by atoms with Gasteiger partial charge in [0.05, 0.1) is 7.11 Å². The molecule has 28 heavy (non-hydrogen) atoms. The van der Waals surface area contributed by atoms with Gasteiger partial charge in [0.2, 0.25) is 0 Å². The molecule has 3 aromatic rings. The van der Waals surface area contributed by atoms with Crippen LogP contribution < -0.4 is 9.64 Å². The van der Waals surface area contributed by atoms with Crippen LogP contribution in [-0.2, 0) is 16.0 Å². The Morgan fingerprint density at radius 1 is 1.04 bits per heavy atom. The molecule has 0 bridgehead atoms. The van der Waals surface area contributed by atoms with Gasteiger partial charge in [-0.25, -0.2) is 4.79 Å². The molecule has 1 heterocycles. The van der Waals surface area contributed by atoms with E-state index in [1.807, 2.05) is 55.5 Å². The van der Waals surface area contributed by atoms with Crippen molar-refractivity contribution < 1.29 is 19.1 Å². The van der Waals surface area contributed by atoms with Crippen molar-refractivity contribution in [2.45, 2.75) is 19.4 Å². The molecule has 4 rings (SSSR count). The second-order valence-corrected chi connectivity index (χ2v) is 6.92. The number of anilines is 1. The number of benzene rings is 3. The van der Waals surface area contributed by atoms with E-state index in [2.05, 4.69) is 0 Å².